The molecule has 2 heterocycles. The molecule has 3 atom stereocenters. The van der Waals surface area contributed by atoms with Gasteiger partial charge in [0.1, 0.15) is 0 Å². The fourth-order valence-electron chi connectivity index (χ4n) is 8.12. The molecule has 2 saturated carbocycles. The maximum atomic E-state index is 13.4. The molecule has 2 aromatic rings. The largest absolute Gasteiger partial charge is 0.364 e. The smallest absolute Gasteiger partial charge is 0.161 e. The van der Waals surface area contributed by atoms with Crippen LogP contribution in [0.25, 0.3) is 6.08 Å². The van der Waals surface area contributed by atoms with Crippen molar-refractivity contribution >= 4 is 23.3 Å². The molecule has 5 rings (SSSR count). The molecule has 1 aliphatic heterocycles. The van der Waals surface area contributed by atoms with Gasteiger partial charge in [0, 0.05) is 65.4 Å². The van der Waals surface area contributed by atoms with Gasteiger partial charge in [0.25, 0.3) is 0 Å². The summed E-state index contributed by atoms with van der Waals surface area (Å²) >= 11 is 0. The van der Waals surface area contributed by atoms with Gasteiger partial charge in [-0.3, -0.25) is 14.8 Å². The van der Waals surface area contributed by atoms with E-state index in [2.05, 4.69) is 74.1 Å². The zero-order chi connectivity index (χ0) is 30.6. The maximum Gasteiger partial charge on any atom is 0.161 e. The topological polar surface area (TPSA) is 45.6 Å². The Hall–Kier alpha value is -3.27. The molecule has 0 amide bonds. The molecule has 43 heavy (non-hydrogen) atoms. The Labute approximate surface area is 260 Å². The van der Waals surface area contributed by atoms with Crippen molar-refractivity contribution in [3.8, 4) is 0 Å². The standard InChI is InChI=1S/C39H51N3O/c1-7-30-13-17-33(18-14-30)42(26-32-25-40-24-22-28(32)4)34-19-15-31(16-20-34)27(3)11-9-10-12-37(43)38-29(5)41-36(8-2)35-21-23-39(35,38)6/h7-8,13-14,17-18,22,24-25,27,31,34-35H,1-2,9-12,15-16,19-21,23,26H2,3-6H3/t27-,31?,34?,35?,39?/m1/s1. The lowest BCUT2D eigenvalue weighted by Crippen LogP contribution is -2.47. The van der Waals surface area contributed by atoms with Crippen LogP contribution in [0.5, 0.6) is 0 Å². The Morgan fingerprint density at radius 1 is 1.05 bits per heavy atom. The van der Waals surface area contributed by atoms with E-state index in [9.17, 15) is 4.79 Å². The second-order valence-corrected chi connectivity index (χ2v) is 13.7. The van der Waals surface area contributed by atoms with Gasteiger partial charge in [-0.15, -0.1) is 0 Å². The number of carbonyl (C=O) groups excluding carboxylic acids is 1. The van der Waals surface area contributed by atoms with Gasteiger partial charge in [0.05, 0.1) is 0 Å². The molecule has 0 N–H and O–H groups in total. The lowest BCUT2D eigenvalue weighted by Gasteiger charge is -2.51. The molecule has 2 fully saturated rings. The summed E-state index contributed by atoms with van der Waals surface area (Å²) in [5.41, 5.74) is 8.01. The van der Waals surface area contributed by atoms with Crippen LogP contribution in [0.4, 0.5) is 5.69 Å². The zero-order valence-corrected chi connectivity index (χ0v) is 26.9. The molecule has 1 aromatic heterocycles. The van der Waals surface area contributed by atoms with Crippen molar-refractivity contribution in [3.05, 3.63) is 89.9 Å². The van der Waals surface area contributed by atoms with Gasteiger partial charge in [-0.1, -0.05) is 58.1 Å². The van der Waals surface area contributed by atoms with Gasteiger partial charge in [-0.05, 0) is 112 Å². The first-order valence-electron chi connectivity index (χ1n) is 16.6. The molecule has 0 bridgehead atoms. The number of nitrogens with zero attached hydrogens (tertiary/aromatic N) is 3. The van der Waals surface area contributed by atoms with Gasteiger partial charge in [0.15, 0.2) is 5.78 Å². The van der Waals surface area contributed by atoms with Crippen molar-refractivity contribution < 1.29 is 4.79 Å². The van der Waals surface area contributed by atoms with Gasteiger partial charge in [-0.2, -0.15) is 0 Å². The maximum absolute atomic E-state index is 13.4. The van der Waals surface area contributed by atoms with Crippen LogP contribution in [0.3, 0.4) is 0 Å². The molecule has 2 unspecified atom stereocenters. The molecule has 3 aliphatic rings. The quantitative estimate of drug-likeness (QED) is 0.223. The number of hydrogen-bond acceptors (Lipinski definition) is 4. The number of aliphatic imine (C=N–C) groups is 1. The number of unbranched alkanes of at least 4 members (excludes halogenated alkanes) is 1. The first kappa shape index (κ1) is 31.2. The number of aryl methyl sites for hydroxylation is 1. The average Bonchev–Trinajstić information content (AvgIpc) is 3.01. The number of ketones is 1. The lowest BCUT2D eigenvalue weighted by atomic mass is 9.53. The second-order valence-electron chi connectivity index (χ2n) is 13.7. The number of pyridine rings is 1. The third kappa shape index (κ3) is 6.64. The van der Waals surface area contributed by atoms with Crippen molar-refractivity contribution in [3.63, 3.8) is 0 Å². The number of benzene rings is 1. The Morgan fingerprint density at radius 2 is 1.79 bits per heavy atom. The van der Waals surface area contributed by atoms with E-state index in [1.54, 1.807) is 0 Å². The number of anilines is 1. The van der Waals surface area contributed by atoms with E-state index < -0.39 is 0 Å². The van der Waals surface area contributed by atoms with E-state index >= 15 is 0 Å². The predicted octanol–water partition coefficient (Wildman–Crippen LogP) is 9.69. The molecule has 1 aromatic carbocycles. The highest BCUT2D eigenvalue weighted by Gasteiger charge is 2.51. The molecule has 228 valence electrons. The lowest BCUT2D eigenvalue weighted by molar-refractivity contribution is -0.117. The van der Waals surface area contributed by atoms with Crippen LogP contribution in [-0.2, 0) is 11.3 Å². The van der Waals surface area contributed by atoms with Crippen LogP contribution >= 0.6 is 0 Å². The van der Waals surface area contributed by atoms with Crippen LogP contribution in [0.2, 0.25) is 0 Å². The van der Waals surface area contributed by atoms with E-state index in [4.69, 9.17) is 4.99 Å². The number of rotatable bonds is 13. The van der Waals surface area contributed by atoms with Crippen LogP contribution < -0.4 is 4.90 Å². The first-order valence-corrected chi connectivity index (χ1v) is 16.6. The average molecular weight is 578 g/mol. The highest BCUT2D eigenvalue weighted by Crippen LogP contribution is 2.56. The minimum Gasteiger partial charge on any atom is -0.364 e. The third-order valence-corrected chi connectivity index (χ3v) is 11.0. The summed E-state index contributed by atoms with van der Waals surface area (Å²) in [6.07, 6.45) is 18.9. The summed E-state index contributed by atoms with van der Waals surface area (Å²) < 4.78 is 0. The van der Waals surface area contributed by atoms with Gasteiger partial charge >= 0.3 is 0 Å². The summed E-state index contributed by atoms with van der Waals surface area (Å²) in [5, 5.41) is 0. The molecule has 4 nitrogen and oxygen atoms in total. The van der Waals surface area contributed by atoms with Crippen LogP contribution in [0, 0.1) is 30.1 Å². The Balaban J connectivity index is 1.13. The van der Waals surface area contributed by atoms with E-state index in [1.165, 1.54) is 48.9 Å². The second kappa shape index (κ2) is 13.6. The summed E-state index contributed by atoms with van der Waals surface area (Å²) in [7, 11) is 0. The first-order chi connectivity index (χ1) is 20.7. The molecule has 0 saturated heterocycles. The van der Waals surface area contributed by atoms with Crippen LogP contribution in [0.1, 0.15) is 102 Å². The van der Waals surface area contributed by atoms with Crippen molar-refractivity contribution in [1.29, 1.82) is 0 Å². The van der Waals surface area contributed by atoms with Gasteiger partial charge in [-0.25, -0.2) is 0 Å². The number of Topliss-reactive ketones (excluding diaryl/α,β-unsaturated/α-hetero) is 1. The van der Waals surface area contributed by atoms with Crippen molar-refractivity contribution in [1.82, 2.24) is 4.98 Å². The predicted molar refractivity (Wildman–Crippen MR) is 181 cm³/mol. The number of allylic oxidation sites excluding steroid dienone is 3. The normalized spacial score (nSPS) is 25.7. The number of hydrogen-bond donors (Lipinski definition) is 0. The van der Waals surface area contributed by atoms with Gasteiger partial charge in [0.2, 0.25) is 0 Å². The fourth-order valence-corrected chi connectivity index (χ4v) is 8.12. The SMILES string of the molecule is C=CC1=NC(C)=C(C(=O)CCCC[C@@H](C)C2CCC(N(Cc3cnccc3C)c3ccc(C=C)cc3)CC2)C2(C)CCC12. The number of carbonyl (C=O) groups is 1. The van der Waals surface area contributed by atoms with Crippen LogP contribution in [-0.4, -0.2) is 22.5 Å². The highest BCUT2D eigenvalue weighted by atomic mass is 16.1. The zero-order valence-electron chi connectivity index (χ0n) is 26.9. The van der Waals surface area contributed by atoms with E-state index in [-0.39, 0.29) is 5.41 Å². The molecule has 4 heteroatoms. The number of aromatic nitrogens is 1. The molecular formula is C39H51N3O. The molecule has 0 radical (unpaired) electrons. The Bertz CT molecular complexity index is 1380. The Morgan fingerprint density at radius 3 is 2.42 bits per heavy atom. The van der Waals surface area contributed by atoms with E-state index in [0.717, 1.165) is 60.7 Å². The van der Waals surface area contributed by atoms with Crippen molar-refractivity contribution in [2.45, 2.75) is 104 Å². The summed E-state index contributed by atoms with van der Waals surface area (Å²) in [6, 6.07) is 11.5. The highest BCUT2D eigenvalue weighted by molar-refractivity contribution is 6.05. The summed E-state index contributed by atoms with van der Waals surface area (Å²) in [5.74, 6) is 2.16. The Kier molecular flexibility index (Phi) is 9.84. The van der Waals surface area contributed by atoms with Gasteiger partial charge < -0.3 is 4.90 Å². The number of fused-ring (bicyclic) bond motifs is 1. The van der Waals surface area contributed by atoms with E-state index in [0.29, 0.717) is 30.1 Å². The van der Waals surface area contributed by atoms with Crippen molar-refractivity contribution in [2.24, 2.45) is 28.2 Å². The van der Waals surface area contributed by atoms with Crippen molar-refractivity contribution in [2.75, 3.05) is 4.90 Å². The van der Waals surface area contributed by atoms with Crippen LogP contribution in [0.15, 0.2) is 78.2 Å². The third-order valence-electron chi connectivity index (χ3n) is 11.0. The summed E-state index contributed by atoms with van der Waals surface area (Å²) in [6.45, 7) is 17.7. The molecular weight excluding hydrogens is 526 g/mol. The minimum atomic E-state index is -0.0321. The minimum absolute atomic E-state index is 0.0321. The summed E-state index contributed by atoms with van der Waals surface area (Å²) in [4.78, 5) is 25.2. The van der Waals surface area contributed by atoms with E-state index in [1.807, 2.05) is 31.5 Å². The molecule has 0 spiro atoms. The fraction of sp³-hybridized carbons (Fsp3) is 0.513. The molecule has 2 aliphatic carbocycles. The monoisotopic (exact) mass is 577 g/mol.